The van der Waals surface area contributed by atoms with Crippen molar-refractivity contribution in [1.29, 1.82) is 0 Å². The minimum atomic E-state index is 0. The van der Waals surface area contributed by atoms with Gasteiger partial charge in [-0.2, -0.15) is 0 Å². The molecule has 1 heterocycles. The van der Waals surface area contributed by atoms with Gasteiger partial charge in [-0.15, -0.1) is 24.0 Å². The molecule has 0 aliphatic heterocycles. The molecule has 19 heavy (non-hydrogen) atoms. The number of aromatic nitrogens is 1. The molecule has 104 valence electrons. The molecule has 0 aliphatic rings. The van der Waals surface area contributed by atoms with Crippen LogP contribution in [0, 0.1) is 6.92 Å². The van der Waals surface area contributed by atoms with Gasteiger partial charge in [-0.3, -0.25) is 4.99 Å². The first-order valence-corrected chi connectivity index (χ1v) is 6.21. The smallest absolute Gasteiger partial charge is 0.190 e. The first-order chi connectivity index (χ1) is 8.76. The normalized spacial score (nSPS) is 11.2. The highest BCUT2D eigenvalue weighted by atomic mass is 127. The van der Waals surface area contributed by atoms with Crippen LogP contribution in [0.3, 0.4) is 0 Å². The first-order valence-electron chi connectivity index (χ1n) is 6.21. The Morgan fingerprint density at radius 3 is 2.74 bits per heavy atom. The number of halogens is 1. The molecule has 2 aromatic rings. The fourth-order valence-corrected chi connectivity index (χ4v) is 2.24. The minimum absolute atomic E-state index is 0. The van der Waals surface area contributed by atoms with E-state index in [9.17, 15) is 0 Å². The van der Waals surface area contributed by atoms with E-state index >= 15 is 0 Å². The Labute approximate surface area is 131 Å². The van der Waals surface area contributed by atoms with E-state index in [1.54, 1.807) is 7.05 Å². The van der Waals surface area contributed by atoms with Crippen molar-refractivity contribution >= 4 is 40.8 Å². The Morgan fingerprint density at radius 1 is 1.32 bits per heavy atom. The molecule has 2 rings (SSSR count). The largest absolute Gasteiger partial charge is 0.359 e. The second-order valence-electron chi connectivity index (χ2n) is 4.27. The number of hydrogen-bond donors (Lipinski definition) is 3. The number of guanidine groups is 1. The van der Waals surface area contributed by atoms with Crippen LogP contribution in [0.4, 0.5) is 0 Å². The molecule has 0 aliphatic carbocycles. The number of aliphatic imine (C=N–C) groups is 1. The summed E-state index contributed by atoms with van der Waals surface area (Å²) in [7, 11) is 3.64. The molecule has 0 unspecified atom stereocenters. The molecule has 0 spiro atoms. The summed E-state index contributed by atoms with van der Waals surface area (Å²) < 4.78 is 0. The van der Waals surface area contributed by atoms with E-state index in [1.807, 2.05) is 7.05 Å². The Hall–Kier alpha value is -1.24. The van der Waals surface area contributed by atoms with E-state index in [2.05, 4.69) is 51.8 Å². The third kappa shape index (κ3) is 3.62. The lowest BCUT2D eigenvalue weighted by Crippen LogP contribution is -2.35. The van der Waals surface area contributed by atoms with Gasteiger partial charge < -0.3 is 15.6 Å². The summed E-state index contributed by atoms with van der Waals surface area (Å²) in [6, 6.07) is 8.43. The van der Waals surface area contributed by atoms with Crippen molar-refractivity contribution in [2.75, 3.05) is 20.6 Å². The van der Waals surface area contributed by atoms with Gasteiger partial charge in [0.25, 0.3) is 0 Å². The van der Waals surface area contributed by atoms with Gasteiger partial charge in [-0.1, -0.05) is 18.2 Å². The quantitative estimate of drug-likeness (QED) is 0.441. The van der Waals surface area contributed by atoms with Crippen LogP contribution in [0.1, 0.15) is 11.3 Å². The van der Waals surface area contributed by atoms with Crippen LogP contribution in [-0.2, 0) is 6.42 Å². The highest BCUT2D eigenvalue weighted by molar-refractivity contribution is 14.0. The Balaban J connectivity index is 0.00000180. The maximum atomic E-state index is 4.10. The molecule has 0 radical (unpaired) electrons. The van der Waals surface area contributed by atoms with Gasteiger partial charge in [-0.25, -0.2) is 0 Å². The number of aromatic amines is 1. The van der Waals surface area contributed by atoms with E-state index < -0.39 is 0 Å². The number of nitrogens with one attached hydrogen (secondary N) is 3. The summed E-state index contributed by atoms with van der Waals surface area (Å²) >= 11 is 0. The van der Waals surface area contributed by atoms with Gasteiger partial charge in [0, 0.05) is 37.2 Å². The van der Waals surface area contributed by atoms with Crippen molar-refractivity contribution in [3.05, 3.63) is 35.5 Å². The standard InChI is InChI=1S/C14H20N4.HI/c1-10-11(8-9-17-14(15-2)16-3)12-6-4-5-7-13(12)18-10;/h4-7,18H,8-9H2,1-3H3,(H2,15,16,17);1H. The number of rotatable bonds is 3. The Morgan fingerprint density at radius 2 is 2.05 bits per heavy atom. The highest BCUT2D eigenvalue weighted by Gasteiger charge is 2.07. The molecule has 1 aromatic heterocycles. The maximum Gasteiger partial charge on any atom is 0.190 e. The monoisotopic (exact) mass is 372 g/mol. The predicted molar refractivity (Wildman–Crippen MR) is 92.6 cm³/mol. The molecular weight excluding hydrogens is 351 g/mol. The lowest BCUT2D eigenvalue weighted by atomic mass is 10.1. The molecule has 1 aromatic carbocycles. The summed E-state index contributed by atoms with van der Waals surface area (Å²) in [5.41, 5.74) is 3.84. The molecule has 3 N–H and O–H groups in total. The van der Waals surface area contributed by atoms with Gasteiger partial charge in [-0.05, 0) is 25.0 Å². The van der Waals surface area contributed by atoms with Gasteiger partial charge in [0.15, 0.2) is 5.96 Å². The molecule has 0 amide bonds. The Bertz CT molecular complexity index is 560. The molecule has 0 bridgehead atoms. The zero-order valence-corrected chi connectivity index (χ0v) is 13.9. The van der Waals surface area contributed by atoms with Crippen LogP contribution in [0.2, 0.25) is 0 Å². The summed E-state index contributed by atoms with van der Waals surface area (Å²) in [6.07, 6.45) is 0.983. The van der Waals surface area contributed by atoms with E-state index in [0.717, 1.165) is 18.9 Å². The topological polar surface area (TPSA) is 52.2 Å². The number of H-pyrrole nitrogens is 1. The van der Waals surface area contributed by atoms with Gasteiger partial charge in [0.1, 0.15) is 0 Å². The summed E-state index contributed by atoms with van der Waals surface area (Å²) in [6.45, 7) is 3.00. The summed E-state index contributed by atoms with van der Waals surface area (Å²) in [4.78, 5) is 7.52. The number of hydrogen-bond acceptors (Lipinski definition) is 1. The summed E-state index contributed by atoms with van der Waals surface area (Å²) in [5.74, 6) is 0.826. The van der Waals surface area contributed by atoms with Crippen molar-refractivity contribution in [3.63, 3.8) is 0 Å². The van der Waals surface area contributed by atoms with Crippen molar-refractivity contribution in [3.8, 4) is 0 Å². The third-order valence-electron chi connectivity index (χ3n) is 3.15. The van der Waals surface area contributed by atoms with Gasteiger partial charge >= 0.3 is 0 Å². The first kappa shape index (κ1) is 15.8. The highest BCUT2D eigenvalue weighted by Crippen LogP contribution is 2.21. The van der Waals surface area contributed by atoms with Gasteiger partial charge in [0.2, 0.25) is 0 Å². The van der Waals surface area contributed by atoms with Gasteiger partial charge in [0.05, 0.1) is 0 Å². The predicted octanol–water partition coefficient (Wildman–Crippen LogP) is 2.43. The average Bonchev–Trinajstić information content (AvgIpc) is 2.71. The molecule has 4 nitrogen and oxygen atoms in total. The fourth-order valence-electron chi connectivity index (χ4n) is 2.24. The van der Waals surface area contributed by atoms with Crippen molar-refractivity contribution in [2.24, 2.45) is 4.99 Å². The number of nitrogens with zero attached hydrogens (tertiary/aromatic N) is 1. The van der Waals surface area contributed by atoms with Crippen LogP contribution in [0.25, 0.3) is 10.9 Å². The minimum Gasteiger partial charge on any atom is -0.359 e. The SMILES string of the molecule is CN=C(NC)NCCc1c(C)[nH]c2ccccc12.I. The molecule has 0 atom stereocenters. The number of aryl methyl sites for hydroxylation is 1. The number of benzene rings is 1. The van der Waals surface area contributed by atoms with Crippen molar-refractivity contribution in [2.45, 2.75) is 13.3 Å². The summed E-state index contributed by atoms with van der Waals surface area (Å²) in [5, 5.41) is 7.60. The third-order valence-corrected chi connectivity index (χ3v) is 3.15. The molecule has 5 heteroatoms. The van der Waals surface area contributed by atoms with Crippen molar-refractivity contribution < 1.29 is 0 Å². The number of fused-ring (bicyclic) bond motifs is 1. The van der Waals surface area contributed by atoms with Crippen LogP contribution in [0.5, 0.6) is 0 Å². The van der Waals surface area contributed by atoms with Crippen LogP contribution >= 0.6 is 24.0 Å². The fraction of sp³-hybridized carbons (Fsp3) is 0.357. The second-order valence-corrected chi connectivity index (χ2v) is 4.27. The lowest BCUT2D eigenvalue weighted by Gasteiger charge is -2.08. The van der Waals surface area contributed by atoms with Crippen LogP contribution in [-0.4, -0.2) is 31.6 Å². The Kier molecular flexibility index (Phi) is 6.14. The molecule has 0 fully saturated rings. The molecule has 0 saturated heterocycles. The van der Waals surface area contributed by atoms with Crippen LogP contribution < -0.4 is 10.6 Å². The molecular formula is C14H21IN4. The van der Waals surface area contributed by atoms with E-state index in [1.165, 1.54) is 22.2 Å². The second kappa shape index (κ2) is 7.37. The van der Waals surface area contributed by atoms with Crippen LogP contribution in [0.15, 0.2) is 29.3 Å². The molecule has 0 saturated carbocycles. The maximum absolute atomic E-state index is 4.10. The van der Waals surface area contributed by atoms with E-state index in [-0.39, 0.29) is 24.0 Å². The number of para-hydroxylation sites is 1. The van der Waals surface area contributed by atoms with E-state index in [0.29, 0.717) is 0 Å². The van der Waals surface area contributed by atoms with E-state index in [4.69, 9.17) is 0 Å². The average molecular weight is 372 g/mol. The zero-order valence-electron chi connectivity index (χ0n) is 11.6. The lowest BCUT2D eigenvalue weighted by molar-refractivity contribution is 0.833. The zero-order chi connectivity index (χ0) is 13.0. The van der Waals surface area contributed by atoms with Crippen molar-refractivity contribution in [1.82, 2.24) is 15.6 Å².